The Labute approximate surface area is 187 Å². The van der Waals surface area contributed by atoms with Gasteiger partial charge in [-0.1, -0.05) is 72.3 Å². The average molecular weight is 437 g/mol. The first-order valence-electron chi connectivity index (χ1n) is 10.1. The zero-order valence-electron chi connectivity index (χ0n) is 16.5. The number of nitrogens with one attached hydrogen (secondary N) is 2. The molecule has 4 unspecified atom stereocenters. The Hall–Kier alpha value is -2.47. The van der Waals surface area contributed by atoms with Crippen LogP contribution in [0.5, 0.6) is 0 Å². The summed E-state index contributed by atoms with van der Waals surface area (Å²) in [4.78, 5) is 4.15. The number of benzene rings is 2. The van der Waals surface area contributed by atoms with Gasteiger partial charge in [0, 0.05) is 30.1 Å². The number of rotatable bonds is 4. The summed E-state index contributed by atoms with van der Waals surface area (Å²) in [5.41, 5.74) is 8.46. The Morgan fingerprint density at radius 3 is 2.03 bits per heavy atom. The molecule has 2 aliphatic carbocycles. The lowest BCUT2D eigenvalue weighted by atomic mass is 10.1. The van der Waals surface area contributed by atoms with Gasteiger partial charge in [-0.15, -0.1) is 0 Å². The van der Waals surface area contributed by atoms with Crippen LogP contribution in [0.2, 0.25) is 5.02 Å². The molecule has 30 heavy (non-hydrogen) atoms. The molecule has 0 bridgehead atoms. The van der Waals surface area contributed by atoms with Gasteiger partial charge < -0.3 is 16.4 Å². The molecular weight excluding hydrogens is 412 g/mol. The summed E-state index contributed by atoms with van der Waals surface area (Å²) in [6.45, 7) is 0. The molecule has 154 valence electrons. The van der Waals surface area contributed by atoms with Gasteiger partial charge in [0.1, 0.15) is 5.82 Å². The highest BCUT2D eigenvalue weighted by Gasteiger charge is 2.38. The van der Waals surface area contributed by atoms with Crippen LogP contribution in [0.25, 0.3) is 0 Å². The van der Waals surface area contributed by atoms with E-state index in [1.165, 1.54) is 17.5 Å². The second-order valence-electron chi connectivity index (χ2n) is 7.74. The second kappa shape index (κ2) is 9.56. The quantitative estimate of drug-likeness (QED) is 0.498. The van der Waals surface area contributed by atoms with Crippen LogP contribution in [-0.2, 0) is 0 Å². The Bertz CT molecular complexity index is 966. The number of halogens is 1. The van der Waals surface area contributed by atoms with Crippen molar-refractivity contribution in [1.29, 1.82) is 0 Å². The zero-order chi connectivity index (χ0) is 20.9. The van der Waals surface area contributed by atoms with Crippen molar-refractivity contribution in [2.75, 3.05) is 5.32 Å². The predicted octanol–water partition coefficient (Wildman–Crippen LogP) is 5.08. The van der Waals surface area contributed by atoms with E-state index < -0.39 is 0 Å². The molecule has 1 heterocycles. The molecule has 2 aliphatic rings. The maximum absolute atomic E-state index is 5.79. The summed E-state index contributed by atoms with van der Waals surface area (Å²) in [7, 11) is 0. The van der Waals surface area contributed by atoms with Gasteiger partial charge in [-0.3, -0.25) is 0 Å². The van der Waals surface area contributed by atoms with Crippen LogP contribution in [0.1, 0.15) is 35.8 Å². The summed E-state index contributed by atoms with van der Waals surface area (Å²) in [5, 5.41) is 7.59. The van der Waals surface area contributed by atoms with Gasteiger partial charge >= 0.3 is 0 Å². The number of anilines is 1. The largest absolute Gasteiger partial charge is 0.359 e. The summed E-state index contributed by atoms with van der Waals surface area (Å²) >= 11 is 11.1. The molecule has 0 saturated heterocycles. The molecule has 6 heteroatoms. The van der Waals surface area contributed by atoms with Crippen LogP contribution < -0.4 is 16.4 Å². The van der Waals surface area contributed by atoms with Gasteiger partial charge in [0.15, 0.2) is 5.11 Å². The number of hydrogen-bond donors (Lipinski definition) is 3. The first-order valence-corrected chi connectivity index (χ1v) is 10.9. The third kappa shape index (κ3) is 5.79. The highest BCUT2D eigenvalue weighted by Crippen LogP contribution is 2.40. The van der Waals surface area contributed by atoms with Gasteiger partial charge in [-0.05, 0) is 48.3 Å². The van der Waals surface area contributed by atoms with E-state index >= 15 is 0 Å². The van der Waals surface area contributed by atoms with E-state index in [9.17, 15) is 0 Å². The van der Waals surface area contributed by atoms with Gasteiger partial charge in [0.25, 0.3) is 0 Å². The van der Waals surface area contributed by atoms with Crippen molar-refractivity contribution in [2.45, 2.75) is 36.8 Å². The van der Waals surface area contributed by atoms with Crippen LogP contribution in [0.3, 0.4) is 0 Å². The highest BCUT2D eigenvalue weighted by atomic mass is 35.5. The Kier molecular flexibility index (Phi) is 6.62. The van der Waals surface area contributed by atoms with Gasteiger partial charge in [0.05, 0.1) is 5.02 Å². The van der Waals surface area contributed by atoms with Crippen molar-refractivity contribution < 1.29 is 0 Å². The summed E-state index contributed by atoms with van der Waals surface area (Å²) < 4.78 is 0. The fourth-order valence-electron chi connectivity index (χ4n) is 3.49. The zero-order valence-corrected chi connectivity index (χ0v) is 18.1. The number of aromatic nitrogens is 1. The van der Waals surface area contributed by atoms with Crippen molar-refractivity contribution in [1.82, 2.24) is 10.3 Å². The Morgan fingerprint density at radius 2 is 1.50 bits per heavy atom. The molecule has 4 nitrogen and oxygen atoms in total. The SMILES string of the molecule is NC1CC1c1ccccc1.S=C(Nc1ccc(Cl)cn1)NC1CC1c1ccccc1. The van der Waals surface area contributed by atoms with E-state index in [0.717, 1.165) is 6.42 Å². The molecule has 0 aliphatic heterocycles. The van der Waals surface area contributed by atoms with Gasteiger partial charge in [0.2, 0.25) is 0 Å². The molecule has 4 atom stereocenters. The predicted molar refractivity (Wildman–Crippen MR) is 128 cm³/mol. The number of hydrogen-bond acceptors (Lipinski definition) is 3. The maximum atomic E-state index is 5.79. The molecular formula is C24H25ClN4S. The third-order valence-corrected chi connectivity index (χ3v) is 5.81. The number of thiocarbonyl (C=S) groups is 1. The van der Waals surface area contributed by atoms with Crippen LogP contribution in [0.15, 0.2) is 79.0 Å². The van der Waals surface area contributed by atoms with E-state index in [1.807, 2.05) is 12.1 Å². The number of nitrogens with zero attached hydrogens (tertiary/aromatic N) is 1. The molecule has 5 rings (SSSR count). The van der Waals surface area contributed by atoms with E-state index in [4.69, 9.17) is 29.6 Å². The summed E-state index contributed by atoms with van der Waals surface area (Å²) in [6, 6.07) is 25.4. The first kappa shape index (κ1) is 20.8. The fourth-order valence-corrected chi connectivity index (χ4v) is 3.86. The molecule has 4 N–H and O–H groups in total. The van der Waals surface area contributed by atoms with Crippen molar-refractivity contribution in [3.8, 4) is 0 Å². The second-order valence-corrected chi connectivity index (χ2v) is 8.58. The van der Waals surface area contributed by atoms with Crippen molar-refractivity contribution in [3.63, 3.8) is 0 Å². The van der Waals surface area contributed by atoms with Crippen LogP contribution >= 0.6 is 23.8 Å². The van der Waals surface area contributed by atoms with Crippen molar-refractivity contribution in [2.24, 2.45) is 5.73 Å². The van der Waals surface area contributed by atoms with Crippen molar-refractivity contribution in [3.05, 3.63) is 95.1 Å². The lowest BCUT2D eigenvalue weighted by molar-refractivity contribution is 0.876. The third-order valence-electron chi connectivity index (χ3n) is 5.37. The minimum Gasteiger partial charge on any atom is -0.359 e. The minimum absolute atomic E-state index is 0.407. The monoisotopic (exact) mass is 436 g/mol. The van der Waals surface area contributed by atoms with Gasteiger partial charge in [-0.25, -0.2) is 4.98 Å². The molecule has 1 aromatic heterocycles. The minimum atomic E-state index is 0.407. The number of pyridine rings is 1. The fraction of sp³-hybridized carbons (Fsp3) is 0.250. The number of nitrogens with two attached hydrogens (primary N) is 1. The Morgan fingerprint density at radius 1 is 0.900 bits per heavy atom. The average Bonchev–Trinajstić information content (AvgIpc) is 3.69. The lowest BCUT2D eigenvalue weighted by Crippen LogP contribution is -2.31. The molecule has 3 aromatic rings. The topological polar surface area (TPSA) is 63.0 Å². The Balaban J connectivity index is 0.000000181. The van der Waals surface area contributed by atoms with E-state index in [2.05, 4.69) is 64.1 Å². The highest BCUT2D eigenvalue weighted by molar-refractivity contribution is 7.80. The smallest absolute Gasteiger partial charge is 0.172 e. The summed E-state index contributed by atoms with van der Waals surface area (Å²) in [5.74, 6) is 1.90. The van der Waals surface area contributed by atoms with Crippen LogP contribution in [0, 0.1) is 0 Å². The molecule has 0 radical (unpaired) electrons. The van der Waals surface area contributed by atoms with Crippen LogP contribution in [-0.4, -0.2) is 22.2 Å². The first-order chi connectivity index (χ1) is 14.6. The molecule has 2 fully saturated rings. The van der Waals surface area contributed by atoms with E-state index in [1.54, 1.807) is 18.3 Å². The van der Waals surface area contributed by atoms with Crippen LogP contribution in [0.4, 0.5) is 5.82 Å². The summed E-state index contributed by atoms with van der Waals surface area (Å²) in [6.07, 6.45) is 3.88. The molecule has 2 aromatic carbocycles. The normalized spacial score (nSPS) is 23.5. The maximum Gasteiger partial charge on any atom is 0.172 e. The van der Waals surface area contributed by atoms with Gasteiger partial charge in [-0.2, -0.15) is 0 Å². The van der Waals surface area contributed by atoms with Crippen molar-refractivity contribution >= 4 is 34.7 Å². The molecule has 0 amide bonds. The van der Waals surface area contributed by atoms with E-state index in [0.29, 0.717) is 39.9 Å². The lowest BCUT2D eigenvalue weighted by Gasteiger charge is -2.09. The van der Waals surface area contributed by atoms with E-state index in [-0.39, 0.29) is 0 Å². The molecule has 2 saturated carbocycles. The standard InChI is InChI=1S/C15H14ClN3S.C9H11N/c16-11-6-7-14(17-9-11)19-15(20)18-13-8-12(13)10-4-2-1-3-5-10;10-9-6-8(9)7-4-2-1-3-5-7/h1-7,9,12-13H,8H2,(H2,17,18,19,20);1-5,8-9H,6,10H2. The molecule has 0 spiro atoms.